The normalized spacial score (nSPS) is 10.4. The molecule has 22 heavy (non-hydrogen) atoms. The summed E-state index contributed by atoms with van der Waals surface area (Å²) in [5, 5.41) is 6.54. The third kappa shape index (κ3) is 3.15. The van der Waals surface area contributed by atoms with E-state index in [-0.39, 0.29) is 5.89 Å². The van der Waals surface area contributed by atoms with Gasteiger partial charge in [-0.2, -0.15) is 4.98 Å². The zero-order valence-corrected chi connectivity index (χ0v) is 12.5. The van der Waals surface area contributed by atoms with Crippen LogP contribution in [0.25, 0.3) is 11.4 Å². The van der Waals surface area contributed by atoms with E-state index in [1.54, 1.807) is 42.4 Å². The minimum absolute atomic E-state index is 0.0821. The van der Waals surface area contributed by atoms with Crippen LogP contribution in [0.2, 0.25) is 0 Å². The summed E-state index contributed by atoms with van der Waals surface area (Å²) in [5.41, 5.74) is 1.42. The van der Waals surface area contributed by atoms with E-state index in [2.05, 4.69) is 20.4 Å². The summed E-state index contributed by atoms with van der Waals surface area (Å²) in [5.74, 6) is -0.169. The SMILES string of the molecule is CSc1cccc(NC(=O)c2nc(-c3ccncc3)no2)c1. The summed E-state index contributed by atoms with van der Waals surface area (Å²) in [6.07, 6.45) is 5.22. The molecule has 3 rings (SSSR count). The molecule has 6 nitrogen and oxygen atoms in total. The highest BCUT2D eigenvalue weighted by atomic mass is 32.2. The molecule has 1 aromatic carbocycles. The van der Waals surface area contributed by atoms with Crippen LogP contribution in [0.1, 0.15) is 10.7 Å². The number of aromatic nitrogens is 3. The van der Waals surface area contributed by atoms with Crippen LogP contribution in [0.3, 0.4) is 0 Å². The Labute approximate surface area is 131 Å². The van der Waals surface area contributed by atoms with Gasteiger partial charge in [0.1, 0.15) is 0 Å². The lowest BCUT2D eigenvalue weighted by Crippen LogP contribution is -2.12. The number of nitrogens with zero attached hydrogens (tertiary/aromatic N) is 3. The smallest absolute Gasteiger partial charge is 0.316 e. The highest BCUT2D eigenvalue weighted by Crippen LogP contribution is 2.20. The molecule has 0 saturated carbocycles. The molecule has 0 aliphatic heterocycles. The molecule has 0 saturated heterocycles. The van der Waals surface area contributed by atoms with Crippen molar-refractivity contribution < 1.29 is 9.32 Å². The first-order valence-electron chi connectivity index (χ1n) is 6.46. The predicted molar refractivity (Wildman–Crippen MR) is 83.7 cm³/mol. The van der Waals surface area contributed by atoms with Crippen LogP contribution in [0.4, 0.5) is 5.69 Å². The molecule has 0 unspecified atom stereocenters. The molecule has 0 atom stereocenters. The van der Waals surface area contributed by atoms with Gasteiger partial charge in [-0.15, -0.1) is 11.8 Å². The molecule has 1 amide bonds. The molecular formula is C15H12N4O2S. The Balaban J connectivity index is 1.77. The Hall–Kier alpha value is -2.67. The van der Waals surface area contributed by atoms with Gasteiger partial charge in [-0.1, -0.05) is 11.2 Å². The first kappa shape index (κ1) is 14.3. The van der Waals surface area contributed by atoms with Gasteiger partial charge >= 0.3 is 11.8 Å². The molecule has 0 aliphatic rings. The maximum Gasteiger partial charge on any atom is 0.316 e. The molecular weight excluding hydrogens is 300 g/mol. The van der Waals surface area contributed by atoms with E-state index >= 15 is 0 Å². The lowest BCUT2D eigenvalue weighted by atomic mass is 10.2. The van der Waals surface area contributed by atoms with Crippen molar-refractivity contribution in [1.82, 2.24) is 15.1 Å². The summed E-state index contributed by atoms with van der Waals surface area (Å²) < 4.78 is 5.01. The van der Waals surface area contributed by atoms with Gasteiger partial charge < -0.3 is 9.84 Å². The maximum absolute atomic E-state index is 12.1. The van der Waals surface area contributed by atoms with Gasteiger partial charge in [0.2, 0.25) is 5.82 Å². The molecule has 0 radical (unpaired) electrons. The minimum Gasteiger partial charge on any atom is -0.328 e. The largest absolute Gasteiger partial charge is 0.328 e. The fraction of sp³-hybridized carbons (Fsp3) is 0.0667. The lowest BCUT2D eigenvalue weighted by Gasteiger charge is -2.03. The number of benzene rings is 1. The first-order chi connectivity index (χ1) is 10.8. The monoisotopic (exact) mass is 312 g/mol. The van der Waals surface area contributed by atoms with E-state index in [0.717, 1.165) is 10.5 Å². The molecule has 110 valence electrons. The van der Waals surface area contributed by atoms with Gasteiger partial charge in [0.15, 0.2) is 0 Å². The van der Waals surface area contributed by atoms with Gasteiger partial charge in [0, 0.05) is 28.5 Å². The molecule has 3 aromatic rings. The number of nitrogens with one attached hydrogen (secondary N) is 1. The number of hydrogen-bond donors (Lipinski definition) is 1. The Bertz CT molecular complexity index is 789. The molecule has 1 N–H and O–H groups in total. The third-order valence-electron chi connectivity index (χ3n) is 2.89. The molecule has 0 aliphatic carbocycles. The van der Waals surface area contributed by atoms with Gasteiger partial charge in [-0.3, -0.25) is 9.78 Å². The van der Waals surface area contributed by atoms with Gasteiger partial charge in [0.05, 0.1) is 0 Å². The van der Waals surface area contributed by atoms with Crippen LogP contribution in [0, 0.1) is 0 Å². The molecule has 2 aromatic heterocycles. The van der Waals surface area contributed by atoms with Crippen LogP contribution in [0.15, 0.2) is 58.2 Å². The summed E-state index contributed by atoms with van der Waals surface area (Å²) in [6, 6.07) is 11.0. The predicted octanol–water partition coefficient (Wildman–Crippen LogP) is 3.11. The fourth-order valence-corrected chi connectivity index (χ4v) is 2.28. The molecule has 7 heteroatoms. The Kier molecular flexibility index (Phi) is 4.15. The summed E-state index contributed by atoms with van der Waals surface area (Å²) in [7, 11) is 0. The van der Waals surface area contributed by atoms with Crippen LogP contribution >= 0.6 is 11.8 Å². The van der Waals surface area contributed by atoms with E-state index in [1.807, 2.05) is 24.5 Å². The first-order valence-corrected chi connectivity index (χ1v) is 7.68. The summed E-state index contributed by atoms with van der Waals surface area (Å²) >= 11 is 1.60. The van der Waals surface area contributed by atoms with Crippen molar-refractivity contribution in [2.75, 3.05) is 11.6 Å². The van der Waals surface area contributed by atoms with E-state index < -0.39 is 5.91 Å². The highest BCUT2D eigenvalue weighted by molar-refractivity contribution is 7.98. The number of anilines is 1. The summed E-state index contributed by atoms with van der Waals surface area (Å²) in [4.78, 5) is 21.2. The van der Waals surface area contributed by atoms with Crippen molar-refractivity contribution in [3.8, 4) is 11.4 Å². The number of hydrogen-bond acceptors (Lipinski definition) is 6. The highest BCUT2D eigenvalue weighted by Gasteiger charge is 2.16. The second-order valence-electron chi connectivity index (χ2n) is 4.35. The number of carbonyl (C=O) groups excluding carboxylic acids is 1. The average Bonchev–Trinajstić information content (AvgIpc) is 3.06. The van der Waals surface area contributed by atoms with Gasteiger partial charge in [-0.25, -0.2) is 0 Å². The number of rotatable bonds is 4. The lowest BCUT2D eigenvalue weighted by molar-refractivity contribution is 0.0981. The third-order valence-corrected chi connectivity index (χ3v) is 3.61. The Morgan fingerprint density at radius 1 is 1.23 bits per heavy atom. The standard InChI is InChI=1S/C15H12N4O2S/c1-22-12-4-2-3-11(9-12)17-14(20)15-18-13(19-21-15)10-5-7-16-8-6-10/h2-9H,1H3,(H,17,20). The number of pyridine rings is 1. The molecule has 0 spiro atoms. The molecule has 0 bridgehead atoms. The zero-order valence-electron chi connectivity index (χ0n) is 11.7. The minimum atomic E-state index is -0.439. The Morgan fingerprint density at radius 2 is 2.05 bits per heavy atom. The van der Waals surface area contributed by atoms with E-state index in [4.69, 9.17) is 4.52 Å². The molecule has 2 heterocycles. The zero-order chi connectivity index (χ0) is 15.4. The van der Waals surface area contributed by atoms with Crippen molar-refractivity contribution in [2.24, 2.45) is 0 Å². The van der Waals surface area contributed by atoms with Crippen LogP contribution in [-0.4, -0.2) is 27.3 Å². The van der Waals surface area contributed by atoms with Crippen LogP contribution < -0.4 is 5.32 Å². The number of carbonyl (C=O) groups is 1. The van der Waals surface area contributed by atoms with Gasteiger partial charge in [0.25, 0.3) is 0 Å². The maximum atomic E-state index is 12.1. The van der Waals surface area contributed by atoms with Crippen LogP contribution in [-0.2, 0) is 0 Å². The van der Waals surface area contributed by atoms with Crippen molar-refractivity contribution in [1.29, 1.82) is 0 Å². The van der Waals surface area contributed by atoms with Crippen LogP contribution in [0.5, 0.6) is 0 Å². The van der Waals surface area contributed by atoms with E-state index in [1.165, 1.54) is 0 Å². The van der Waals surface area contributed by atoms with Crippen molar-refractivity contribution >= 4 is 23.4 Å². The van der Waals surface area contributed by atoms with Gasteiger partial charge in [-0.05, 0) is 36.6 Å². The topological polar surface area (TPSA) is 80.9 Å². The van der Waals surface area contributed by atoms with Crippen molar-refractivity contribution in [3.63, 3.8) is 0 Å². The quantitative estimate of drug-likeness (QED) is 0.746. The van der Waals surface area contributed by atoms with E-state index in [0.29, 0.717) is 11.5 Å². The van der Waals surface area contributed by atoms with Crippen molar-refractivity contribution in [2.45, 2.75) is 4.90 Å². The fourth-order valence-electron chi connectivity index (χ4n) is 1.82. The molecule has 0 fully saturated rings. The average molecular weight is 312 g/mol. The van der Waals surface area contributed by atoms with Crippen molar-refractivity contribution in [3.05, 3.63) is 54.7 Å². The Morgan fingerprint density at radius 3 is 2.82 bits per heavy atom. The van der Waals surface area contributed by atoms with E-state index in [9.17, 15) is 4.79 Å². The second-order valence-corrected chi connectivity index (χ2v) is 5.22. The number of thioether (sulfide) groups is 1. The number of amides is 1. The second kappa shape index (κ2) is 6.40. The summed E-state index contributed by atoms with van der Waals surface area (Å²) in [6.45, 7) is 0.